The third-order valence-corrected chi connectivity index (χ3v) is 11.2. The van der Waals surface area contributed by atoms with Gasteiger partial charge in [-0.1, -0.05) is 121 Å². The van der Waals surface area contributed by atoms with Crippen LogP contribution in [0.2, 0.25) is 0 Å². The Labute approximate surface area is 338 Å². The minimum absolute atomic E-state index is 0.496. The average molecular weight is 757 g/mol. The van der Waals surface area contributed by atoms with Crippen LogP contribution in [0.25, 0.3) is 112 Å². The molecule has 4 heterocycles. The maximum absolute atomic E-state index is 6.51. The largest absolute Gasteiger partial charge is 0.435 e. The van der Waals surface area contributed by atoms with Gasteiger partial charge in [0.15, 0.2) is 23.1 Å². The van der Waals surface area contributed by atoms with Crippen molar-refractivity contribution in [3.8, 4) is 57.0 Å². The number of hydrogen-bond donors (Lipinski definition) is 0. The van der Waals surface area contributed by atoms with E-state index in [-0.39, 0.29) is 0 Å². The quantitative estimate of drug-likeness (QED) is 0.169. The number of para-hydroxylation sites is 5. The molecule has 0 radical (unpaired) electrons. The van der Waals surface area contributed by atoms with Crippen LogP contribution in [0, 0.1) is 0 Å². The van der Waals surface area contributed by atoms with Crippen molar-refractivity contribution in [1.29, 1.82) is 0 Å². The lowest BCUT2D eigenvalue weighted by Gasteiger charge is -2.13. The van der Waals surface area contributed by atoms with Gasteiger partial charge in [0.05, 0.1) is 27.6 Å². The molecule has 0 spiro atoms. The minimum Gasteiger partial charge on any atom is -0.435 e. The fourth-order valence-electron chi connectivity index (χ4n) is 8.55. The molecule has 12 rings (SSSR count). The molecule has 7 nitrogen and oxygen atoms in total. The fourth-order valence-corrected chi connectivity index (χ4v) is 8.55. The van der Waals surface area contributed by atoms with E-state index in [1.165, 1.54) is 21.5 Å². The van der Waals surface area contributed by atoms with Crippen molar-refractivity contribution in [2.75, 3.05) is 0 Å². The predicted octanol–water partition coefficient (Wildman–Crippen LogP) is 12.9. The number of hydrogen-bond acceptors (Lipinski definition) is 5. The van der Waals surface area contributed by atoms with Gasteiger partial charge in [0.1, 0.15) is 5.52 Å². The number of aromatic nitrogens is 6. The maximum atomic E-state index is 6.51. The van der Waals surface area contributed by atoms with Gasteiger partial charge in [0, 0.05) is 49.6 Å². The van der Waals surface area contributed by atoms with E-state index in [1.807, 2.05) is 48.5 Å². The Morgan fingerprint density at radius 2 is 0.763 bits per heavy atom. The molecule has 12 aromatic rings. The normalized spacial score (nSPS) is 11.7. The lowest BCUT2D eigenvalue weighted by molar-refractivity contribution is 0.620. The smallest absolute Gasteiger partial charge is 0.227 e. The Morgan fingerprint density at radius 1 is 0.339 bits per heavy atom. The molecule has 59 heavy (non-hydrogen) atoms. The average Bonchev–Trinajstić information content (AvgIpc) is 4.00. The van der Waals surface area contributed by atoms with E-state index in [2.05, 4.69) is 155 Å². The highest BCUT2D eigenvalue weighted by molar-refractivity contribution is 6.10. The van der Waals surface area contributed by atoms with Crippen LogP contribution in [-0.4, -0.2) is 29.1 Å². The van der Waals surface area contributed by atoms with Crippen molar-refractivity contribution >= 4 is 54.7 Å². The molecule has 0 saturated heterocycles. The number of benzene rings is 8. The second-order valence-corrected chi connectivity index (χ2v) is 14.7. The summed E-state index contributed by atoms with van der Waals surface area (Å²) in [4.78, 5) is 20.5. The Kier molecular flexibility index (Phi) is 7.40. The van der Waals surface area contributed by atoms with Gasteiger partial charge in [0.25, 0.3) is 0 Å². The van der Waals surface area contributed by atoms with Crippen molar-refractivity contribution in [1.82, 2.24) is 29.1 Å². The third-order valence-electron chi connectivity index (χ3n) is 11.2. The van der Waals surface area contributed by atoms with Gasteiger partial charge in [-0.15, -0.1) is 0 Å². The highest BCUT2D eigenvalue weighted by atomic mass is 16.3. The summed E-state index contributed by atoms with van der Waals surface area (Å²) in [7, 11) is 0. The van der Waals surface area contributed by atoms with Gasteiger partial charge >= 0.3 is 0 Å². The Bertz CT molecular complexity index is 3300. The Hall–Kier alpha value is -8.16. The second-order valence-electron chi connectivity index (χ2n) is 14.7. The number of nitrogens with zero attached hydrogens (tertiary/aromatic N) is 6. The first kappa shape index (κ1) is 33.0. The molecule has 0 fully saturated rings. The van der Waals surface area contributed by atoms with Crippen LogP contribution in [-0.2, 0) is 0 Å². The molecular weight excluding hydrogens is 725 g/mol. The second kappa shape index (κ2) is 13.2. The first-order valence-electron chi connectivity index (χ1n) is 19.6. The van der Waals surface area contributed by atoms with Crippen LogP contribution >= 0.6 is 0 Å². The van der Waals surface area contributed by atoms with Gasteiger partial charge in [0.2, 0.25) is 5.89 Å². The Balaban J connectivity index is 1.07. The summed E-state index contributed by atoms with van der Waals surface area (Å²) in [6.45, 7) is 0. The van der Waals surface area contributed by atoms with E-state index in [0.29, 0.717) is 28.9 Å². The zero-order valence-corrected chi connectivity index (χ0v) is 31.6. The van der Waals surface area contributed by atoms with Gasteiger partial charge in [-0.2, -0.15) is 0 Å². The van der Waals surface area contributed by atoms with Crippen molar-refractivity contribution in [2.24, 2.45) is 0 Å². The third kappa shape index (κ3) is 5.36. The van der Waals surface area contributed by atoms with Crippen LogP contribution in [0.4, 0.5) is 0 Å². The summed E-state index contributed by atoms with van der Waals surface area (Å²) in [5, 5.41) is 4.82. The standard InChI is InChI=1S/C52H32N6O/c1-2-15-33(16-3-1)52-53-43-26-14-25-42(48(43)59-52)51-55-49(34-17-12-19-36(31-34)57-44-27-8-4-21-38(44)39-22-5-9-28-45(39)57)54-50(56-51)35-18-13-20-37(32-35)58-46-29-10-6-23-40(46)41-24-7-11-30-47(41)58/h1-32H. The molecule has 4 aromatic heterocycles. The molecule has 0 atom stereocenters. The lowest BCUT2D eigenvalue weighted by Crippen LogP contribution is -2.02. The minimum atomic E-state index is 0.496. The molecule has 0 aliphatic rings. The lowest BCUT2D eigenvalue weighted by atomic mass is 10.1. The monoisotopic (exact) mass is 756 g/mol. The molecule has 8 aromatic carbocycles. The topological polar surface area (TPSA) is 74.6 Å². The van der Waals surface area contributed by atoms with Gasteiger partial charge in [-0.25, -0.2) is 19.9 Å². The van der Waals surface area contributed by atoms with Crippen LogP contribution in [0.15, 0.2) is 199 Å². The van der Waals surface area contributed by atoms with Crippen molar-refractivity contribution in [2.45, 2.75) is 0 Å². The summed E-state index contributed by atoms with van der Waals surface area (Å²) >= 11 is 0. The SMILES string of the molecule is c1ccc(-c2nc3cccc(-c4nc(-c5cccc(-n6c7ccccc7c7ccccc76)c5)nc(-c5cccc(-n6c7ccccc7c7ccccc76)c5)n4)c3o2)cc1. The number of oxazole rings is 1. The van der Waals surface area contributed by atoms with Crippen molar-refractivity contribution in [3.05, 3.63) is 194 Å². The summed E-state index contributed by atoms with van der Waals surface area (Å²) in [6.07, 6.45) is 0. The van der Waals surface area contributed by atoms with Gasteiger partial charge < -0.3 is 13.6 Å². The molecule has 0 bridgehead atoms. The summed E-state index contributed by atoms with van der Waals surface area (Å²) < 4.78 is 11.1. The van der Waals surface area contributed by atoms with Crippen LogP contribution in [0.3, 0.4) is 0 Å². The first-order valence-corrected chi connectivity index (χ1v) is 19.6. The molecule has 0 amide bonds. The molecule has 0 saturated carbocycles. The fraction of sp³-hybridized carbons (Fsp3) is 0. The van der Waals surface area contributed by atoms with Gasteiger partial charge in [-0.3, -0.25) is 0 Å². The van der Waals surface area contributed by atoms with E-state index < -0.39 is 0 Å². The molecule has 0 unspecified atom stereocenters. The summed E-state index contributed by atoms with van der Waals surface area (Å²) in [6, 6.07) is 66.9. The summed E-state index contributed by atoms with van der Waals surface area (Å²) in [5.41, 5.74) is 11.3. The van der Waals surface area contributed by atoms with Gasteiger partial charge in [-0.05, 0) is 72.8 Å². The first-order chi connectivity index (χ1) is 29.2. The summed E-state index contributed by atoms with van der Waals surface area (Å²) in [5.74, 6) is 2.14. The van der Waals surface area contributed by atoms with Crippen LogP contribution in [0.1, 0.15) is 0 Å². The highest BCUT2D eigenvalue weighted by Gasteiger charge is 2.20. The molecular formula is C52H32N6O. The molecule has 0 aliphatic heterocycles. The van der Waals surface area contributed by atoms with E-state index in [4.69, 9.17) is 24.4 Å². The molecule has 0 N–H and O–H groups in total. The van der Waals surface area contributed by atoms with E-state index in [1.54, 1.807) is 0 Å². The predicted molar refractivity (Wildman–Crippen MR) is 238 cm³/mol. The van der Waals surface area contributed by atoms with Crippen molar-refractivity contribution in [3.63, 3.8) is 0 Å². The molecule has 0 aliphatic carbocycles. The highest BCUT2D eigenvalue weighted by Crippen LogP contribution is 2.37. The number of rotatable bonds is 6. The molecule has 276 valence electrons. The van der Waals surface area contributed by atoms with E-state index in [9.17, 15) is 0 Å². The molecule has 7 heteroatoms. The number of fused-ring (bicyclic) bond motifs is 7. The Morgan fingerprint density at radius 3 is 1.27 bits per heavy atom. The van der Waals surface area contributed by atoms with Crippen LogP contribution < -0.4 is 0 Å². The van der Waals surface area contributed by atoms with E-state index in [0.717, 1.165) is 61.2 Å². The maximum Gasteiger partial charge on any atom is 0.227 e. The van der Waals surface area contributed by atoms with Crippen LogP contribution in [0.5, 0.6) is 0 Å². The van der Waals surface area contributed by atoms with E-state index >= 15 is 0 Å². The zero-order chi connectivity index (χ0) is 38.9. The zero-order valence-electron chi connectivity index (χ0n) is 31.6. The van der Waals surface area contributed by atoms with Crippen molar-refractivity contribution < 1.29 is 4.42 Å².